The van der Waals surface area contributed by atoms with Crippen molar-refractivity contribution in [2.24, 2.45) is 50.7 Å². The fraction of sp³-hybridized carbons (Fsp3) is 0.973. The number of ether oxygens (including phenoxy) is 2. The summed E-state index contributed by atoms with van der Waals surface area (Å²) in [5, 5.41) is 109. The maximum absolute atomic E-state index is 14.1. The first-order valence-corrected chi connectivity index (χ1v) is 18.7. The van der Waals surface area contributed by atoms with Crippen LogP contribution in [-0.4, -0.2) is 130 Å². The Morgan fingerprint density at radius 1 is 0.880 bits per heavy atom. The molecule has 6 fully saturated rings. The Bertz CT molecular complexity index is 1310. The van der Waals surface area contributed by atoms with E-state index in [-0.39, 0.29) is 36.5 Å². The number of esters is 1. The predicted octanol–water partition coefficient (Wildman–Crippen LogP) is -0.0382. The van der Waals surface area contributed by atoms with Gasteiger partial charge >= 0.3 is 5.97 Å². The molecule has 0 aromatic rings. The summed E-state index contributed by atoms with van der Waals surface area (Å²) in [4.78, 5) is 14.1. The second kappa shape index (κ2) is 12.3. The van der Waals surface area contributed by atoms with Crippen LogP contribution in [0.15, 0.2) is 0 Å². The topological polar surface area (TPSA) is 238 Å². The van der Waals surface area contributed by atoms with Gasteiger partial charge in [0.05, 0.1) is 48.1 Å². The summed E-state index contributed by atoms with van der Waals surface area (Å²) in [7, 11) is 0. The first kappa shape index (κ1) is 38.7. The first-order valence-electron chi connectivity index (χ1n) is 18.7. The quantitative estimate of drug-likeness (QED) is 0.141. The maximum Gasteiger partial charge on any atom is 0.317 e. The van der Waals surface area contributed by atoms with Crippen LogP contribution in [0.2, 0.25) is 0 Å². The molecule has 5 saturated carbocycles. The highest BCUT2D eigenvalue weighted by molar-refractivity contribution is 5.78. The molecule has 288 valence electrons. The molecule has 5 aliphatic carbocycles. The summed E-state index contributed by atoms with van der Waals surface area (Å²) in [6, 6.07) is 0. The van der Waals surface area contributed by atoms with Crippen LogP contribution in [0, 0.1) is 50.7 Å². The summed E-state index contributed by atoms with van der Waals surface area (Å²) in [5.74, 6) is -2.03. The number of rotatable bonds is 9. The van der Waals surface area contributed by atoms with Gasteiger partial charge in [-0.3, -0.25) is 4.79 Å². The molecule has 1 aliphatic heterocycles. The lowest BCUT2D eigenvalue weighted by Gasteiger charge is -2.64. The van der Waals surface area contributed by atoms with Crippen molar-refractivity contribution in [2.45, 2.75) is 160 Å². The minimum atomic E-state index is -1.79. The molecule has 6 aliphatic rings. The van der Waals surface area contributed by atoms with Crippen molar-refractivity contribution >= 4 is 5.97 Å². The second-order valence-corrected chi connectivity index (χ2v) is 18.6. The average Bonchev–Trinajstić information content (AvgIpc) is 3.69. The van der Waals surface area contributed by atoms with Crippen molar-refractivity contribution in [3.63, 3.8) is 0 Å². The molecule has 13 heteroatoms. The highest BCUT2D eigenvalue weighted by Crippen LogP contribution is 2.89. The zero-order valence-corrected chi connectivity index (χ0v) is 30.4. The molecular formula is C37H62O13. The number of fused-ring (bicyclic) bond motifs is 2. The van der Waals surface area contributed by atoms with Crippen LogP contribution >= 0.6 is 0 Å². The monoisotopic (exact) mass is 714 g/mol. The van der Waals surface area contributed by atoms with Crippen LogP contribution in [0.25, 0.3) is 0 Å². The van der Waals surface area contributed by atoms with Gasteiger partial charge < -0.3 is 60.5 Å². The third-order valence-corrected chi connectivity index (χ3v) is 16.4. The van der Waals surface area contributed by atoms with Crippen molar-refractivity contribution in [1.29, 1.82) is 0 Å². The second-order valence-electron chi connectivity index (χ2n) is 18.6. The lowest BCUT2D eigenvalue weighted by molar-refractivity contribution is -0.300. The van der Waals surface area contributed by atoms with Crippen LogP contribution in [0.5, 0.6) is 0 Å². The molecule has 18 atom stereocenters. The van der Waals surface area contributed by atoms with Crippen molar-refractivity contribution in [1.82, 2.24) is 0 Å². The van der Waals surface area contributed by atoms with E-state index in [2.05, 4.69) is 13.8 Å². The SMILES string of the molecule is CC(C)[C@](O)(CO)CC[C@](C)(O)[C@H]1[C@@H](O)C[C@@]2(C)[C@@H]3CCC4[C@](C)(C(=O)O[C@@H]5O[C@H](CO)[C@@H](O)[C@H](O)[C@H]5O)[C@@H](O)C[C@H](O)[C@@]45C[C@@]35CC[C@]12C. The van der Waals surface area contributed by atoms with E-state index < -0.39 is 113 Å². The summed E-state index contributed by atoms with van der Waals surface area (Å²) < 4.78 is 11.1. The highest BCUT2D eigenvalue weighted by atomic mass is 16.7. The third kappa shape index (κ3) is 4.94. The normalized spacial score (nSPS) is 53.7. The number of carbonyl (C=O) groups excluding carboxylic acids is 1. The smallest absolute Gasteiger partial charge is 0.317 e. The van der Waals surface area contributed by atoms with E-state index in [1.807, 2.05) is 13.8 Å². The lowest BCUT2D eigenvalue weighted by Crippen LogP contribution is -2.65. The average molecular weight is 715 g/mol. The predicted molar refractivity (Wildman–Crippen MR) is 177 cm³/mol. The molecule has 0 bridgehead atoms. The Morgan fingerprint density at radius 3 is 2.12 bits per heavy atom. The van der Waals surface area contributed by atoms with Crippen molar-refractivity contribution in [3.8, 4) is 0 Å². The van der Waals surface area contributed by atoms with Gasteiger partial charge in [0.2, 0.25) is 6.29 Å². The van der Waals surface area contributed by atoms with Gasteiger partial charge in [-0.05, 0) is 99.2 Å². The van der Waals surface area contributed by atoms with Gasteiger partial charge in [0.1, 0.15) is 24.4 Å². The minimum absolute atomic E-state index is 0.0427. The molecular weight excluding hydrogens is 652 g/mol. The molecule has 50 heavy (non-hydrogen) atoms. The zero-order valence-electron chi connectivity index (χ0n) is 30.4. The van der Waals surface area contributed by atoms with Crippen molar-refractivity contribution < 1.29 is 65.3 Å². The Kier molecular flexibility index (Phi) is 9.51. The van der Waals surface area contributed by atoms with Crippen LogP contribution < -0.4 is 0 Å². The fourth-order valence-corrected chi connectivity index (χ4v) is 13.1. The van der Waals surface area contributed by atoms with E-state index in [4.69, 9.17) is 9.47 Å². The summed E-state index contributed by atoms with van der Waals surface area (Å²) in [6.45, 7) is 10.2. The van der Waals surface area contributed by atoms with Crippen LogP contribution in [0.3, 0.4) is 0 Å². The Morgan fingerprint density at radius 2 is 1.52 bits per heavy atom. The van der Waals surface area contributed by atoms with Gasteiger partial charge in [-0.15, -0.1) is 0 Å². The lowest BCUT2D eigenvalue weighted by atomic mass is 9.41. The van der Waals surface area contributed by atoms with Gasteiger partial charge in [-0.2, -0.15) is 0 Å². The molecule has 0 aromatic heterocycles. The van der Waals surface area contributed by atoms with Gasteiger partial charge in [-0.25, -0.2) is 0 Å². The van der Waals surface area contributed by atoms with E-state index in [1.54, 1.807) is 13.8 Å². The van der Waals surface area contributed by atoms with Crippen molar-refractivity contribution in [2.75, 3.05) is 13.2 Å². The summed E-state index contributed by atoms with van der Waals surface area (Å²) in [6.07, 6.45) is -7.26. The van der Waals surface area contributed by atoms with Crippen LogP contribution in [-0.2, 0) is 14.3 Å². The Hall–Kier alpha value is -0.970. The Labute approximate surface area is 294 Å². The molecule has 1 heterocycles. The Balaban J connectivity index is 1.28. The van der Waals surface area contributed by atoms with Crippen LogP contribution in [0.4, 0.5) is 0 Å². The van der Waals surface area contributed by atoms with Gasteiger partial charge in [0, 0.05) is 17.8 Å². The van der Waals surface area contributed by atoms with E-state index in [9.17, 15) is 55.9 Å². The fourth-order valence-electron chi connectivity index (χ4n) is 13.1. The molecule has 13 nitrogen and oxygen atoms in total. The van der Waals surface area contributed by atoms with Gasteiger partial charge in [0.25, 0.3) is 0 Å². The number of carbonyl (C=O) groups is 1. The summed E-state index contributed by atoms with van der Waals surface area (Å²) >= 11 is 0. The highest BCUT2D eigenvalue weighted by Gasteiger charge is 2.86. The van der Waals surface area contributed by atoms with Gasteiger partial charge in [0.15, 0.2) is 0 Å². The molecule has 0 radical (unpaired) electrons. The number of aliphatic hydroxyl groups is 10. The van der Waals surface area contributed by atoms with E-state index in [0.29, 0.717) is 38.5 Å². The standard InChI is InChI=1S/C37H62O13/c1-18(2)36(48,17-39)12-10-33(5,47)28-19(40)14-32(4)21-7-8-22-34(6,30(46)50-29-27(45)26(44)25(43)20(15-38)49-29)23(41)13-24(42)37(22)16-35(21,37)11-9-31(28,32)3/h18-29,38-45,47-48H,7-17H2,1-6H3/t19-,20+,21-,22?,23-,24-,25+,26-,27+,28-,29-,31+,32-,33-,34-,35-,36+,37+/m0/s1. The van der Waals surface area contributed by atoms with E-state index in [1.165, 1.54) is 0 Å². The maximum atomic E-state index is 14.1. The largest absolute Gasteiger partial charge is 0.432 e. The molecule has 10 N–H and O–H groups in total. The van der Waals surface area contributed by atoms with Gasteiger partial charge in [-0.1, -0.05) is 27.7 Å². The molecule has 1 saturated heterocycles. The van der Waals surface area contributed by atoms with Crippen molar-refractivity contribution in [3.05, 3.63) is 0 Å². The van der Waals surface area contributed by atoms with Crippen LogP contribution in [0.1, 0.15) is 99.3 Å². The molecule has 0 amide bonds. The summed E-state index contributed by atoms with van der Waals surface area (Å²) in [5.41, 5.74) is -6.24. The zero-order chi connectivity index (χ0) is 37.2. The molecule has 1 unspecified atom stereocenters. The molecule has 2 spiro atoms. The van der Waals surface area contributed by atoms with E-state index >= 15 is 0 Å². The number of hydrogen-bond acceptors (Lipinski definition) is 13. The molecule has 6 rings (SSSR count). The molecule has 0 aromatic carbocycles. The minimum Gasteiger partial charge on any atom is -0.432 e. The number of hydrogen-bond donors (Lipinski definition) is 10. The number of aliphatic hydroxyl groups excluding tert-OH is 8. The third-order valence-electron chi connectivity index (χ3n) is 16.4. The first-order chi connectivity index (χ1) is 23.1. The van der Waals surface area contributed by atoms with E-state index in [0.717, 1.165) is 0 Å².